The van der Waals surface area contributed by atoms with Crippen LogP contribution in [0.4, 0.5) is 46.8 Å². The molecule has 0 radical (unpaired) electrons. The molecule has 9 rings (SSSR count). The van der Waals surface area contributed by atoms with Crippen molar-refractivity contribution in [2.75, 3.05) is 53.2 Å². The summed E-state index contributed by atoms with van der Waals surface area (Å²) in [6.45, 7) is 7.31. The Kier molecular flexibility index (Phi) is 6.80. The summed E-state index contributed by atoms with van der Waals surface area (Å²) in [4.78, 5) is 32.1. The third kappa shape index (κ3) is 4.80. The first-order valence-corrected chi connectivity index (χ1v) is 16.5. The number of amides is 2. The number of carbonyl (C=O) groups is 1. The Labute approximate surface area is 267 Å². The number of hydrogen-bond acceptors (Lipinski definition) is 6. The average molecular weight is 632 g/mol. The van der Waals surface area contributed by atoms with E-state index < -0.39 is 23.3 Å². The molecule has 46 heavy (non-hydrogen) atoms. The molecule has 1 saturated heterocycles. The second-order valence-corrected chi connectivity index (χ2v) is 14.3. The molecule has 4 bridgehead atoms. The number of aromatic nitrogens is 2. The fourth-order valence-electron chi connectivity index (χ4n) is 9.39. The highest BCUT2D eigenvalue weighted by atomic mass is 19.4. The van der Waals surface area contributed by atoms with Gasteiger partial charge < -0.3 is 15.1 Å². The van der Waals surface area contributed by atoms with Crippen LogP contribution in [0.25, 0.3) is 0 Å². The van der Waals surface area contributed by atoms with Gasteiger partial charge in [0.2, 0.25) is 5.95 Å². The summed E-state index contributed by atoms with van der Waals surface area (Å²) in [6.07, 6.45) is 2.10. The molecule has 6 aliphatic rings. The van der Waals surface area contributed by atoms with Gasteiger partial charge in [-0.2, -0.15) is 18.2 Å². The number of halogens is 3. The monoisotopic (exact) mass is 631 g/mol. The van der Waals surface area contributed by atoms with E-state index in [1.165, 1.54) is 11.3 Å². The quantitative estimate of drug-likeness (QED) is 0.323. The predicted octanol–water partition coefficient (Wildman–Crippen LogP) is 7.13. The van der Waals surface area contributed by atoms with Crippen LogP contribution in [0.15, 0.2) is 42.6 Å². The molecule has 8 nitrogen and oxygen atoms in total. The van der Waals surface area contributed by atoms with E-state index in [2.05, 4.69) is 39.3 Å². The van der Waals surface area contributed by atoms with Crippen molar-refractivity contribution in [2.24, 2.45) is 17.8 Å². The first-order valence-electron chi connectivity index (χ1n) is 16.5. The summed E-state index contributed by atoms with van der Waals surface area (Å²) in [7, 11) is 2.14. The SMILES string of the molecule is Cc1cc(C)c(N2Cc3cnc(Nc4ccc(N5CCN(C)CC5)cc4)nc3N(C34CC5CC(CC3C5)C4)C2=O)c(C(F)(F)F)c1. The maximum Gasteiger partial charge on any atom is 0.418 e. The molecule has 242 valence electrons. The predicted molar refractivity (Wildman–Crippen MR) is 173 cm³/mol. The molecule has 1 N–H and O–H groups in total. The Balaban J connectivity index is 1.16. The van der Waals surface area contributed by atoms with Crippen molar-refractivity contribution in [2.45, 2.75) is 64.2 Å². The molecule has 1 aromatic heterocycles. The standard InChI is InChI=1S/C35H40F3N7O/c1-21-12-22(2)30(29(13-21)35(36,37)38)44-20-25-19-39-32(40-27-4-6-28(7-5-27)43-10-8-42(3)9-11-43)41-31(25)45(33(44)46)34-17-23-14-24(18-34)16-26(34)15-23/h4-7,12-13,19,23-24,26H,8-11,14-18,20H2,1-3H3,(H,39,40,41). The summed E-state index contributed by atoms with van der Waals surface area (Å²) in [5, 5.41) is 3.33. The zero-order chi connectivity index (χ0) is 32.0. The lowest BCUT2D eigenvalue weighted by molar-refractivity contribution is -0.137. The van der Waals surface area contributed by atoms with E-state index in [1.807, 2.05) is 12.1 Å². The van der Waals surface area contributed by atoms with Gasteiger partial charge in [-0.15, -0.1) is 0 Å². The van der Waals surface area contributed by atoms with Crippen molar-refractivity contribution in [3.63, 3.8) is 0 Å². The van der Waals surface area contributed by atoms with Crippen LogP contribution >= 0.6 is 0 Å². The molecule has 2 aromatic carbocycles. The molecule has 4 aliphatic carbocycles. The Morgan fingerprint density at radius 3 is 2.33 bits per heavy atom. The van der Waals surface area contributed by atoms with Crippen LogP contribution < -0.4 is 20.0 Å². The number of rotatable bonds is 5. The molecule has 4 saturated carbocycles. The highest BCUT2D eigenvalue weighted by molar-refractivity contribution is 6.07. The number of alkyl halides is 3. The number of fused-ring (bicyclic) bond motifs is 1. The first-order chi connectivity index (χ1) is 22.0. The van der Waals surface area contributed by atoms with Gasteiger partial charge in [-0.3, -0.25) is 9.80 Å². The number of benzene rings is 2. The Morgan fingerprint density at radius 1 is 0.957 bits per heavy atom. The molecule has 2 unspecified atom stereocenters. The summed E-state index contributed by atoms with van der Waals surface area (Å²) in [5.41, 5.74) is 2.30. The van der Waals surface area contributed by atoms with Crippen molar-refractivity contribution in [1.82, 2.24) is 14.9 Å². The van der Waals surface area contributed by atoms with Crippen molar-refractivity contribution in [3.05, 3.63) is 64.8 Å². The van der Waals surface area contributed by atoms with Crippen molar-refractivity contribution >= 4 is 34.9 Å². The highest BCUT2D eigenvalue weighted by Crippen LogP contribution is 2.64. The number of urea groups is 1. The lowest BCUT2D eigenvalue weighted by atomic mass is 9.79. The fraction of sp³-hybridized carbons (Fsp3) is 0.514. The van der Waals surface area contributed by atoms with Gasteiger partial charge in [0.25, 0.3) is 0 Å². The first kappa shape index (κ1) is 29.5. The maximum atomic E-state index is 14.7. The zero-order valence-electron chi connectivity index (χ0n) is 26.6. The van der Waals surface area contributed by atoms with Crippen LogP contribution in [0.5, 0.6) is 0 Å². The molecule has 2 atom stereocenters. The van der Waals surface area contributed by atoms with Crippen LogP contribution in [0.3, 0.4) is 0 Å². The Morgan fingerprint density at radius 2 is 1.65 bits per heavy atom. The molecule has 3 heterocycles. The normalized spacial score (nSPS) is 27.5. The van der Waals surface area contributed by atoms with E-state index >= 15 is 0 Å². The largest absolute Gasteiger partial charge is 0.418 e. The summed E-state index contributed by atoms with van der Waals surface area (Å²) >= 11 is 0. The lowest BCUT2D eigenvalue weighted by Gasteiger charge is -2.48. The third-order valence-corrected chi connectivity index (χ3v) is 11.2. The van der Waals surface area contributed by atoms with E-state index in [0.717, 1.165) is 69.3 Å². The number of likely N-dealkylation sites (N-methyl/N-ethyl adjacent to an activating group) is 1. The molecule has 0 spiro atoms. The van der Waals surface area contributed by atoms with Gasteiger partial charge >= 0.3 is 12.2 Å². The number of aryl methyl sites for hydroxylation is 2. The summed E-state index contributed by atoms with van der Waals surface area (Å²) < 4.78 is 43.4. The second-order valence-electron chi connectivity index (χ2n) is 14.3. The van der Waals surface area contributed by atoms with Crippen molar-refractivity contribution < 1.29 is 18.0 Å². The van der Waals surface area contributed by atoms with Gasteiger partial charge in [-0.1, -0.05) is 11.6 Å². The Hall–Kier alpha value is -3.86. The molecule has 5 fully saturated rings. The minimum absolute atomic E-state index is 0.0226. The highest BCUT2D eigenvalue weighted by Gasteiger charge is 2.63. The van der Waals surface area contributed by atoms with Crippen LogP contribution in [0.2, 0.25) is 0 Å². The van der Waals surface area contributed by atoms with E-state index in [0.29, 0.717) is 46.2 Å². The van der Waals surface area contributed by atoms with E-state index in [-0.39, 0.29) is 12.2 Å². The number of piperazine rings is 1. The Bertz CT molecular complexity index is 1670. The number of hydrogen-bond donors (Lipinski definition) is 1. The molecular weight excluding hydrogens is 591 g/mol. The molecule has 2 aliphatic heterocycles. The topological polar surface area (TPSA) is 67.8 Å². The van der Waals surface area contributed by atoms with Crippen LogP contribution in [0, 0.1) is 31.6 Å². The van der Waals surface area contributed by atoms with E-state index in [9.17, 15) is 18.0 Å². The van der Waals surface area contributed by atoms with Gasteiger partial charge in [0, 0.05) is 49.3 Å². The minimum Gasteiger partial charge on any atom is -0.369 e. The van der Waals surface area contributed by atoms with Gasteiger partial charge in [0.05, 0.1) is 23.3 Å². The number of nitrogens with one attached hydrogen (secondary N) is 1. The zero-order valence-corrected chi connectivity index (χ0v) is 26.6. The van der Waals surface area contributed by atoms with Gasteiger partial charge in [0.15, 0.2) is 0 Å². The van der Waals surface area contributed by atoms with Crippen molar-refractivity contribution in [3.8, 4) is 0 Å². The number of nitrogens with zero attached hydrogens (tertiary/aromatic N) is 6. The number of anilines is 5. The van der Waals surface area contributed by atoms with Gasteiger partial charge in [0.1, 0.15) is 5.82 Å². The van der Waals surface area contributed by atoms with Gasteiger partial charge in [-0.25, -0.2) is 9.78 Å². The van der Waals surface area contributed by atoms with Crippen molar-refractivity contribution in [1.29, 1.82) is 0 Å². The van der Waals surface area contributed by atoms with E-state index in [1.54, 1.807) is 31.0 Å². The van der Waals surface area contributed by atoms with Crippen LogP contribution in [-0.4, -0.2) is 59.7 Å². The molecule has 11 heteroatoms. The summed E-state index contributed by atoms with van der Waals surface area (Å²) in [5.74, 6) is 2.29. The number of carbonyl (C=O) groups excluding carboxylic acids is 1. The smallest absolute Gasteiger partial charge is 0.369 e. The average Bonchev–Trinajstić information content (AvgIpc) is 3.40. The minimum atomic E-state index is -4.61. The third-order valence-electron chi connectivity index (χ3n) is 11.2. The summed E-state index contributed by atoms with van der Waals surface area (Å²) in [6, 6.07) is 10.7. The fourth-order valence-corrected chi connectivity index (χ4v) is 9.39. The van der Waals surface area contributed by atoms with Crippen LogP contribution in [0.1, 0.15) is 54.4 Å². The van der Waals surface area contributed by atoms with Crippen LogP contribution in [-0.2, 0) is 12.7 Å². The second kappa shape index (κ2) is 10.6. The van der Waals surface area contributed by atoms with E-state index in [4.69, 9.17) is 4.98 Å². The molecular formula is C35H40F3N7O. The maximum absolute atomic E-state index is 14.7. The molecule has 2 amide bonds. The van der Waals surface area contributed by atoms with Gasteiger partial charge in [-0.05, 0) is 107 Å². The lowest BCUT2D eigenvalue weighted by Crippen LogP contribution is -2.60. The molecule has 3 aromatic rings.